The number of hydrogen-bond acceptors (Lipinski definition) is 5. The number of rotatable bonds is 10. The number of carbonyl (C=O) groups is 1. The Morgan fingerprint density at radius 1 is 1.11 bits per heavy atom. The number of para-hydroxylation sites is 1. The Hall–Kier alpha value is -3.97. The van der Waals surface area contributed by atoms with Crippen LogP contribution in [0.15, 0.2) is 90.0 Å². The molecule has 0 unspecified atom stereocenters. The summed E-state index contributed by atoms with van der Waals surface area (Å²) in [6, 6.07) is 21.3. The number of nitrogens with one attached hydrogen (secondary N) is 1. The van der Waals surface area contributed by atoms with Gasteiger partial charge in [0.15, 0.2) is 5.58 Å². The molecule has 1 fully saturated rings. The standard InChI is InChI=1S/C31H32FN3O3/c1-2-22(13-16-33-31(36)24-7-6-10-27(19-24)37-26-8-4-3-5-9-26)21-35-17-14-23(15-18-35)30-28-12-11-25(32)20-29(28)38-34-30/h2-12,19-20,22-23H,1,13-18,21H2,(H,33,36)/t22-/m0/s1. The van der Waals surface area contributed by atoms with E-state index in [0.29, 0.717) is 29.4 Å². The van der Waals surface area contributed by atoms with Crippen molar-refractivity contribution in [2.24, 2.45) is 5.92 Å². The number of ether oxygens (including phenoxy) is 1. The van der Waals surface area contributed by atoms with E-state index in [2.05, 4.69) is 22.0 Å². The van der Waals surface area contributed by atoms with Gasteiger partial charge in [0.1, 0.15) is 17.3 Å². The molecule has 1 aliphatic heterocycles. The molecule has 0 aliphatic carbocycles. The lowest BCUT2D eigenvalue weighted by molar-refractivity contribution is 0.0950. The summed E-state index contributed by atoms with van der Waals surface area (Å²) in [4.78, 5) is 15.2. The van der Waals surface area contributed by atoms with Crippen molar-refractivity contribution in [3.63, 3.8) is 0 Å². The summed E-state index contributed by atoms with van der Waals surface area (Å²) in [5.41, 5.74) is 2.01. The molecule has 196 valence electrons. The van der Waals surface area contributed by atoms with Crippen LogP contribution >= 0.6 is 0 Å². The van der Waals surface area contributed by atoms with Gasteiger partial charge in [-0.3, -0.25) is 4.79 Å². The van der Waals surface area contributed by atoms with Crippen molar-refractivity contribution in [3.05, 3.63) is 103 Å². The Balaban J connectivity index is 1.07. The normalized spacial score (nSPS) is 15.3. The summed E-state index contributed by atoms with van der Waals surface area (Å²) in [6.45, 7) is 7.39. The van der Waals surface area contributed by atoms with Crippen molar-refractivity contribution in [2.45, 2.75) is 25.2 Å². The number of hydrogen-bond donors (Lipinski definition) is 1. The predicted octanol–water partition coefficient (Wildman–Crippen LogP) is 6.56. The van der Waals surface area contributed by atoms with Gasteiger partial charge in [-0.15, -0.1) is 6.58 Å². The van der Waals surface area contributed by atoms with Gasteiger partial charge in [0.05, 0.1) is 5.69 Å². The molecular formula is C31H32FN3O3. The van der Waals surface area contributed by atoms with Crippen molar-refractivity contribution in [1.82, 2.24) is 15.4 Å². The number of likely N-dealkylation sites (tertiary alicyclic amines) is 1. The third-order valence-electron chi connectivity index (χ3n) is 7.14. The average Bonchev–Trinajstić information content (AvgIpc) is 3.36. The number of benzene rings is 3. The van der Waals surface area contributed by atoms with Crippen molar-refractivity contribution in [3.8, 4) is 11.5 Å². The maximum absolute atomic E-state index is 13.5. The second kappa shape index (κ2) is 12.0. The van der Waals surface area contributed by atoms with Crippen LogP contribution in [0.4, 0.5) is 4.39 Å². The molecule has 1 saturated heterocycles. The van der Waals surface area contributed by atoms with Crippen molar-refractivity contribution in [1.29, 1.82) is 0 Å². The lowest BCUT2D eigenvalue weighted by Gasteiger charge is -2.33. The molecule has 1 aromatic heterocycles. The van der Waals surface area contributed by atoms with Gasteiger partial charge < -0.3 is 19.5 Å². The molecule has 6 nitrogen and oxygen atoms in total. The Kier molecular flexibility index (Phi) is 8.14. The lowest BCUT2D eigenvalue weighted by Crippen LogP contribution is -2.37. The van der Waals surface area contributed by atoms with E-state index in [1.165, 1.54) is 12.1 Å². The van der Waals surface area contributed by atoms with Gasteiger partial charge in [0, 0.05) is 36.0 Å². The smallest absolute Gasteiger partial charge is 0.251 e. The molecule has 1 N–H and O–H groups in total. The van der Waals surface area contributed by atoms with Crippen LogP contribution in [0, 0.1) is 11.7 Å². The van der Waals surface area contributed by atoms with E-state index in [9.17, 15) is 9.18 Å². The van der Waals surface area contributed by atoms with Gasteiger partial charge in [-0.05, 0) is 80.7 Å². The molecule has 0 bridgehead atoms. The fourth-order valence-electron chi connectivity index (χ4n) is 5.03. The maximum Gasteiger partial charge on any atom is 0.251 e. The quantitative estimate of drug-likeness (QED) is 0.243. The summed E-state index contributed by atoms with van der Waals surface area (Å²) in [6.07, 6.45) is 4.74. The molecule has 1 aliphatic rings. The Morgan fingerprint density at radius 2 is 1.89 bits per heavy atom. The number of halogens is 1. The highest BCUT2D eigenvalue weighted by Gasteiger charge is 2.26. The monoisotopic (exact) mass is 513 g/mol. The van der Waals surface area contributed by atoms with Crippen LogP contribution in [0.25, 0.3) is 11.0 Å². The molecule has 0 saturated carbocycles. The molecule has 1 atom stereocenters. The van der Waals surface area contributed by atoms with Crippen molar-refractivity contribution in [2.75, 3.05) is 26.2 Å². The number of nitrogens with zero attached hydrogens (tertiary/aromatic N) is 2. The summed E-state index contributed by atoms with van der Waals surface area (Å²) in [5, 5.41) is 8.18. The first kappa shape index (κ1) is 25.7. The Labute approximate surface area is 222 Å². The maximum atomic E-state index is 13.5. The molecule has 4 aromatic rings. The average molecular weight is 514 g/mol. The number of fused-ring (bicyclic) bond motifs is 1. The summed E-state index contributed by atoms with van der Waals surface area (Å²) >= 11 is 0. The largest absolute Gasteiger partial charge is 0.457 e. The fraction of sp³-hybridized carbons (Fsp3) is 0.290. The molecule has 2 heterocycles. The van der Waals surface area contributed by atoms with Crippen LogP contribution in [0.2, 0.25) is 0 Å². The zero-order chi connectivity index (χ0) is 26.3. The number of piperidine rings is 1. The fourth-order valence-corrected chi connectivity index (χ4v) is 5.03. The first-order valence-corrected chi connectivity index (χ1v) is 13.1. The predicted molar refractivity (Wildman–Crippen MR) is 146 cm³/mol. The van der Waals surface area contributed by atoms with Gasteiger partial charge in [-0.2, -0.15) is 0 Å². The van der Waals surface area contributed by atoms with Gasteiger partial charge in [-0.1, -0.05) is 35.5 Å². The molecule has 38 heavy (non-hydrogen) atoms. The number of carbonyl (C=O) groups excluding carboxylic acids is 1. The van der Waals surface area contributed by atoms with Crippen molar-refractivity contribution >= 4 is 16.9 Å². The van der Waals surface area contributed by atoms with Gasteiger partial charge in [-0.25, -0.2) is 4.39 Å². The minimum atomic E-state index is -0.313. The van der Waals surface area contributed by atoms with Crippen LogP contribution in [0.1, 0.15) is 41.2 Å². The summed E-state index contributed by atoms with van der Waals surface area (Å²) < 4.78 is 24.7. The van der Waals surface area contributed by atoms with E-state index in [4.69, 9.17) is 9.26 Å². The summed E-state index contributed by atoms with van der Waals surface area (Å²) in [7, 11) is 0. The minimum Gasteiger partial charge on any atom is -0.457 e. The van der Waals surface area contributed by atoms with E-state index >= 15 is 0 Å². The van der Waals surface area contributed by atoms with Crippen LogP contribution in [0.3, 0.4) is 0 Å². The van der Waals surface area contributed by atoms with Gasteiger partial charge in [0.25, 0.3) is 5.91 Å². The molecule has 5 rings (SSSR count). The van der Waals surface area contributed by atoms with E-state index < -0.39 is 0 Å². The zero-order valence-corrected chi connectivity index (χ0v) is 21.3. The highest BCUT2D eigenvalue weighted by Crippen LogP contribution is 2.33. The molecule has 0 radical (unpaired) electrons. The second-order valence-corrected chi connectivity index (χ2v) is 9.77. The van der Waals surface area contributed by atoms with Crippen LogP contribution in [-0.2, 0) is 0 Å². The zero-order valence-electron chi connectivity index (χ0n) is 21.3. The molecule has 3 aromatic carbocycles. The number of amides is 1. The van der Waals surface area contributed by atoms with E-state index in [1.807, 2.05) is 48.5 Å². The second-order valence-electron chi connectivity index (χ2n) is 9.77. The highest BCUT2D eigenvalue weighted by atomic mass is 19.1. The topological polar surface area (TPSA) is 67.6 Å². The minimum absolute atomic E-state index is 0.119. The van der Waals surface area contributed by atoms with E-state index in [1.54, 1.807) is 18.2 Å². The first-order valence-electron chi connectivity index (χ1n) is 13.1. The van der Waals surface area contributed by atoms with E-state index in [0.717, 1.165) is 55.7 Å². The first-order chi connectivity index (χ1) is 18.6. The van der Waals surface area contributed by atoms with Crippen molar-refractivity contribution < 1.29 is 18.4 Å². The highest BCUT2D eigenvalue weighted by molar-refractivity contribution is 5.94. The molecule has 7 heteroatoms. The SMILES string of the molecule is C=C[C@@H](CCNC(=O)c1cccc(Oc2ccccc2)c1)CN1CCC(c2noc3cc(F)ccc23)CC1. The Morgan fingerprint density at radius 3 is 2.68 bits per heavy atom. The van der Waals surface area contributed by atoms with Gasteiger partial charge >= 0.3 is 0 Å². The third-order valence-corrected chi connectivity index (χ3v) is 7.14. The summed E-state index contributed by atoms with van der Waals surface area (Å²) in [5.74, 6) is 1.50. The van der Waals surface area contributed by atoms with Crippen LogP contribution in [-0.4, -0.2) is 42.1 Å². The lowest BCUT2D eigenvalue weighted by atomic mass is 9.91. The molecule has 0 spiro atoms. The van der Waals surface area contributed by atoms with E-state index in [-0.39, 0.29) is 17.6 Å². The number of aromatic nitrogens is 1. The molecular weight excluding hydrogens is 481 g/mol. The molecule has 1 amide bonds. The van der Waals surface area contributed by atoms with Gasteiger partial charge in [0.2, 0.25) is 0 Å². The van der Waals surface area contributed by atoms with Crippen LogP contribution in [0.5, 0.6) is 11.5 Å². The third kappa shape index (κ3) is 6.29. The Bertz CT molecular complexity index is 1380. The van der Waals surface area contributed by atoms with Crippen LogP contribution < -0.4 is 10.1 Å².